The maximum absolute atomic E-state index is 14.8. The third-order valence-corrected chi connectivity index (χ3v) is 6.28. The summed E-state index contributed by atoms with van der Waals surface area (Å²) in [6.45, 7) is 4.52. The molecule has 0 bridgehead atoms. The molecule has 1 aromatic heterocycles. The number of carboxylic acids is 1. The van der Waals surface area contributed by atoms with Crippen molar-refractivity contribution in [1.82, 2.24) is 10.3 Å². The Kier molecular flexibility index (Phi) is 11.3. The van der Waals surface area contributed by atoms with Crippen LogP contribution in [0.3, 0.4) is 0 Å². The molecule has 2 heterocycles. The van der Waals surface area contributed by atoms with Crippen molar-refractivity contribution in [2.45, 2.75) is 51.9 Å². The summed E-state index contributed by atoms with van der Waals surface area (Å²) in [7, 11) is 0. The molecule has 1 fully saturated rings. The Balaban J connectivity index is 0.00000420. The Morgan fingerprint density at radius 2 is 1.90 bits per heavy atom. The van der Waals surface area contributed by atoms with Crippen molar-refractivity contribution >= 4 is 11.9 Å². The Morgan fingerprint density at radius 3 is 2.54 bits per heavy atom. The molecule has 1 N–H and O–H groups in total. The molecule has 1 aliphatic rings. The van der Waals surface area contributed by atoms with Crippen molar-refractivity contribution in [3.8, 4) is 22.8 Å². The van der Waals surface area contributed by atoms with Crippen LogP contribution in [0.2, 0.25) is 0 Å². The Hall–Kier alpha value is -2.98. The Morgan fingerprint density at radius 1 is 1.13 bits per heavy atom. The number of hydrogen-bond acceptors (Lipinski definition) is 7. The number of nitrogens with zero attached hydrogens (tertiary/aromatic N) is 1. The first-order valence-electron chi connectivity index (χ1n) is 12.5. The van der Waals surface area contributed by atoms with Gasteiger partial charge in [-0.15, -0.1) is 0 Å². The summed E-state index contributed by atoms with van der Waals surface area (Å²) < 4.78 is 31.9. The second-order valence-corrected chi connectivity index (χ2v) is 9.09. The van der Waals surface area contributed by atoms with Gasteiger partial charge in [0.15, 0.2) is 0 Å². The van der Waals surface area contributed by atoms with Gasteiger partial charge in [0.25, 0.3) is 0 Å². The first-order valence-corrected chi connectivity index (χ1v) is 12.5. The van der Waals surface area contributed by atoms with Gasteiger partial charge in [0.1, 0.15) is 24.8 Å². The smallest absolute Gasteiger partial charge is 0.550 e. The molecule has 10 heteroatoms. The van der Waals surface area contributed by atoms with Gasteiger partial charge in [0, 0.05) is 48.3 Å². The van der Waals surface area contributed by atoms with E-state index in [2.05, 4.69) is 10.3 Å². The van der Waals surface area contributed by atoms with E-state index in [1.807, 2.05) is 0 Å². The summed E-state index contributed by atoms with van der Waals surface area (Å²) >= 11 is 0. The van der Waals surface area contributed by atoms with Crippen molar-refractivity contribution in [3.05, 3.63) is 77.2 Å². The van der Waals surface area contributed by atoms with Crippen LogP contribution < -0.4 is 49.5 Å². The predicted octanol–water partition coefficient (Wildman–Crippen LogP) is 0.654. The fourth-order valence-electron chi connectivity index (χ4n) is 4.33. The molecule has 200 valence electrons. The van der Waals surface area contributed by atoms with Gasteiger partial charge in [0.2, 0.25) is 11.8 Å². The molecule has 4 rings (SSSR count). The summed E-state index contributed by atoms with van der Waals surface area (Å²) in [4.78, 5) is 26.8. The van der Waals surface area contributed by atoms with E-state index in [9.17, 15) is 19.1 Å². The van der Waals surface area contributed by atoms with Gasteiger partial charge in [0.05, 0.1) is 12.1 Å². The van der Waals surface area contributed by atoms with Gasteiger partial charge in [-0.3, -0.25) is 4.79 Å². The number of hydrogen-bond donors (Lipinski definition) is 1. The second-order valence-electron chi connectivity index (χ2n) is 9.09. The number of pyridine rings is 1. The van der Waals surface area contributed by atoms with E-state index in [0.717, 1.165) is 17.5 Å². The summed E-state index contributed by atoms with van der Waals surface area (Å²) in [5.74, 6) is -0.524. The van der Waals surface area contributed by atoms with Gasteiger partial charge >= 0.3 is 29.6 Å². The summed E-state index contributed by atoms with van der Waals surface area (Å²) in [6, 6.07) is 15.2. The number of aromatic nitrogens is 1. The third-order valence-electron chi connectivity index (χ3n) is 6.28. The van der Waals surface area contributed by atoms with E-state index in [0.29, 0.717) is 48.1 Å². The van der Waals surface area contributed by atoms with Crippen molar-refractivity contribution in [1.29, 1.82) is 0 Å². The quantitative estimate of drug-likeness (QED) is 0.334. The maximum Gasteiger partial charge on any atom is 1.00 e. The van der Waals surface area contributed by atoms with E-state index in [1.54, 1.807) is 62.4 Å². The number of carbonyl (C=O) groups is 2. The third kappa shape index (κ3) is 8.50. The Labute approximate surface area is 249 Å². The van der Waals surface area contributed by atoms with Gasteiger partial charge in [-0.25, -0.2) is 9.37 Å². The number of aryl methyl sites for hydroxylation is 1. The molecule has 3 aromatic rings. The molecular weight excluding hydrogens is 514 g/mol. The monoisotopic (exact) mass is 544 g/mol. The molecule has 0 unspecified atom stereocenters. The van der Waals surface area contributed by atoms with Crippen molar-refractivity contribution in [2.24, 2.45) is 0 Å². The molecular formula is C29H30FN2NaO6. The summed E-state index contributed by atoms with van der Waals surface area (Å²) in [6.07, 6.45) is 0.419. The molecule has 2 aromatic carbocycles. The van der Waals surface area contributed by atoms with E-state index >= 15 is 0 Å². The number of aliphatic carboxylic acids is 1. The van der Waals surface area contributed by atoms with E-state index < -0.39 is 12.1 Å². The van der Waals surface area contributed by atoms with Crippen LogP contribution >= 0.6 is 0 Å². The van der Waals surface area contributed by atoms with Crippen LogP contribution in [0.4, 0.5) is 4.39 Å². The number of amides is 1. The second kappa shape index (κ2) is 14.4. The summed E-state index contributed by atoms with van der Waals surface area (Å²) in [5, 5.41) is 13.8. The predicted molar refractivity (Wildman–Crippen MR) is 136 cm³/mol. The molecule has 0 aliphatic carbocycles. The number of halogens is 1. The fraction of sp³-hybridized carbons (Fsp3) is 0.345. The molecule has 2 atom stereocenters. The van der Waals surface area contributed by atoms with Gasteiger partial charge in [-0.2, -0.15) is 0 Å². The van der Waals surface area contributed by atoms with Gasteiger partial charge < -0.3 is 29.4 Å². The molecule has 1 amide bonds. The van der Waals surface area contributed by atoms with Crippen LogP contribution in [-0.2, 0) is 20.9 Å². The molecule has 0 spiro atoms. The topological polar surface area (TPSA) is 110 Å². The number of carboxylic acid groups (broad SMARTS) is 1. The minimum atomic E-state index is -1.18. The average molecular weight is 545 g/mol. The van der Waals surface area contributed by atoms with E-state index in [4.69, 9.17) is 14.2 Å². The Bertz CT molecular complexity index is 1290. The molecule has 0 radical (unpaired) electrons. The number of nitrogens with one attached hydrogen (secondary N) is 1. The van der Waals surface area contributed by atoms with Crippen molar-refractivity contribution in [3.63, 3.8) is 0 Å². The zero-order valence-electron chi connectivity index (χ0n) is 22.4. The average Bonchev–Trinajstić information content (AvgIpc) is 3.32. The zero-order valence-corrected chi connectivity index (χ0v) is 24.4. The number of benzene rings is 2. The van der Waals surface area contributed by atoms with Crippen molar-refractivity contribution in [2.75, 3.05) is 13.2 Å². The molecule has 0 saturated carbocycles. The standard InChI is InChI=1S/C29H31FN2O6.Na/c1-3-36-26(15-29(34)35)20-5-8-22(9-6-20)37-16-19-4-11-25(30)24(14-19)23-10-13-28(31-18(23)2)38-17-21-7-12-27(33)32-21;/h4-6,8-11,13-14,21,26H,3,7,12,15-17H2,1-2H3,(H,32,33)(H,34,35);/q;+1/p-1/t21-,26+;/m1./s1. The first-order chi connectivity index (χ1) is 18.3. The SMILES string of the molecule is CCO[C@@H](CC(=O)[O-])c1ccc(OCc2ccc(F)c(-c3ccc(OC[C@H]4CCC(=O)N4)nc3C)c2)cc1.[Na+]. The normalized spacial score (nSPS) is 15.3. The minimum absolute atomic E-state index is 0. The number of rotatable bonds is 12. The van der Waals surface area contributed by atoms with Crippen LogP contribution in [0.25, 0.3) is 11.1 Å². The van der Waals surface area contributed by atoms with Crippen LogP contribution in [-0.4, -0.2) is 36.1 Å². The van der Waals surface area contributed by atoms with E-state index in [1.165, 1.54) is 6.07 Å². The molecule has 39 heavy (non-hydrogen) atoms. The number of ether oxygens (including phenoxy) is 3. The maximum atomic E-state index is 14.8. The first kappa shape index (κ1) is 30.6. The molecule has 1 saturated heterocycles. The molecule has 1 aliphatic heterocycles. The number of carbonyl (C=O) groups excluding carboxylic acids is 2. The minimum Gasteiger partial charge on any atom is -0.550 e. The van der Waals surface area contributed by atoms with Crippen LogP contribution in [0, 0.1) is 12.7 Å². The van der Waals surface area contributed by atoms with Gasteiger partial charge in [-0.1, -0.05) is 18.2 Å². The van der Waals surface area contributed by atoms with Gasteiger partial charge in [-0.05, 0) is 61.7 Å². The van der Waals surface area contributed by atoms with Crippen LogP contribution in [0.5, 0.6) is 11.6 Å². The summed E-state index contributed by atoms with van der Waals surface area (Å²) in [5.41, 5.74) is 3.15. The zero-order chi connectivity index (χ0) is 27.1. The van der Waals surface area contributed by atoms with Crippen molar-refractivity contribution < 1.29 is 62.9 Å². The van der Waals surface area contributed by atoms with Crippen LogP contribution in [0.15, 0.2) is 54.6 Å². The van der Waals surface area contributed by atoms with Crippen LogP contribution in [0.1, 0.15) is 49.1 Å². The molecule has 8 nitrogen and oxygen atoms in total. The fourth-order valence-corrected chi connectivity index (χ4v) is 4.33. The largest absolute Gasteiger partial charge is 1.00 e. The van der Waals surface area contributed by atoms with E-state index in [-0.39, 0.29) is 60.4 Å².